The monoisotopic (exact) mass is 377 g/mol. The summed E-state index contributed by atoms with van der Waals surface area (Å²) in [5.41, 5.74) is 0. The van der Waals surface area contributed by atoms with Gasteiger partial charge in [-0.3, -0.25) is 14.7 Å². The van der Waals surface area contributed by atoms with Gasteiger partial charge in [0, 0.05) is 25.6 Å². The fraction of sp³-hybridized carbons (Fsp3) is 0.700. The van der Waals surface area contributed by atoms with Gasteiger partial charge in [0.2, 0.25) is 5.91 Å². The summed E-state index contributed by atoms with van der Waals surface area (Å²) < 4.78 is 5.69. The zero-order valence-corrected chi connectivity index (χ0v) is 17.0. The van der Waals surface area contributed by atoms with E-state index in [1.807, 2.05) is 32.9 Å². The number of nitrogens with zero attached hydrogens (tertiary/aromatic N) is 2. The van der Waals surface area contributed by atoms with Crippen LogP contribution in [0.5, 0.6) is 0 Å². The van der Waals surface area contributed by atoms with Gasteiger partial charge in [-0.05, 0) is 58.8 Å². The summed E-state index contributed by atoms with van der Waals surface area (Å²) in [4.78, 5) is 19.0. The number of hydrogen-bond donors (Lipinski definition) is 3. The van der Waals surface area contributed by atoms with E-state index in [0.29, 0.717) is 19.5 Å². The predicted octanol–water partition coefficient (Wildman–Crippen LogP) is 2.28. The highest BCUT2D eigenvalue weighted by atomic mass is 16.3. The second-order valence-corrected chi connectivity index (χ2v) is 7.25. The first-order valence-corrected chi connectivity index (χ1v) is 10.2. The highest BCUT2D eigenvalue weighted by Gasteiger charge is 2.24. The third-order valence-electron chi connectivity index (χ3n) is 4.56. The highest BCUT2D eigenvalue weighted by Crippen LogP contribution is 2.25. The zero-order valence-electron chi connectivity index (χ0n) is 17.0. The van der Waals surface area contributed by atoms with Crippen molar-refractivity contribution in [1.82, 2.24) is 20.9 Å². The molecular formula is C20H35N5O2. The number of carbonyl (C=O) groups excluding carboxylic acids is 1. The van der Waals surface area contributed by atoms with Crippen molar-refractivity contribution in [3.63, 3.8) is 0 Å². The quantitative estimate of drug-likeness (QED) is 0.454. The van der Waals surface area contributed by atoms with Crippen molar-refractivity contribution in [2.75, 3.05) is 32.7 Å². The SMILES string of the molecule is CCNC(=NCC(c1ccco1)N1CCCCC1)NCCC(=O)NC(C)C. The summed E-state index contributed by atoms with van der Waals surface area (Å²) in [5, 5.41) is 9.42. The van der Waals surface area contributed by atoms with E-state index >= 15 is 0 Å². The number of piperidine rings is 1. The van der Waals surface area contributed by atoms with Crippen LogP contribution in [-0.2, 0) is 4.79 Å². The smallest absolute Gasteiger partial charge is 0.221 e. The number of aliphatic imine (C=N–C) groups is 1. The Morgan fingerprint density at radius 3 is 2.67 bits per heavy atom. The summed E-state index contributed by atoms with van der Waals surface area (Å²) in [6.45, 7) is 10.1. The summed E-state index contributed by atoms with van der Waals surface area (Å²) in [6.07, 6.45) is 5.91. The van der Waals surface area contributed by atoms with Crippen molar-refractivity contribution < 1.29 is 9.21 Å². The van der Waals surface area contributed by atoms with Crippen LogP contribution in [0.3, 0.4) is 0 Å². The minimum Gasteiger partial charge on any atom is -0.468 e. The number of furan rings is 1. The van der Waals surface area contributed by atoms with E-state index in [9.17, 15) is 4.79 Å². The van der Waals surface area contributed by atoms with Gasteiger partial charge in [-0.25, -0.2) is 0 Å². The van der Waals surface area contributed by atoms with Crippen LogP contribution in [0.15, 0.2) is 27.8 Å². The van der Waals surface area contributed by atoms with Crippen molar-refractivity contribution in [2.45, 2.75) is 58.5 Å². The molecule has 1 fully saturated rings. The van der Waals surface area contributed by atoms with E-state index in [1.54, 1.807) is 6.26 Å². The van der Waals surface area contributed by atoms with Gasteiger partial charge in [0.25, 0.3) is 0 Å². The lowest BCUT2D eigenvalue weighted by Crippen LogP contribution is -2.41. The Labute approximate surface area is 163 Å². The van der Waals surface area contributed by atoms with E-state index in [1.165, 1.54) is 19.3 Å². The maximum absolute atomic E-state index is 11.8. The first-order chi connectivity index (χ1) is 13.1. The second kappa shape index (κ2) is 11.6. The number of likely N-dealkylation sites (tertiary alicyclic amines) is 1. The van der Waals surface area contributed by atoms with Crippen LogP contribution in [0.2, 0.25) is 0 Å². The number of guanidine groups is 1. The van der Waals surface area contributed by atoms with Gasteiger partial charge in [-0.1, -0.05) is 6.42 Å². The van der Waals surface area contributed by atoms with Crippen LogP contribution in [-0.4, -0.2) is 55.5 Å². The van der Waals surface area contributed by atoms with Crippen LogP contribution < -0.4 is 16.0 Å². The lowest BCUT2D eigenvalue weighted by Gasteiger charge is -2.32. The van der Waals surface area contributed by atoms with Crippen LogP contribution in [0.1, 0.15) is 58.3 Å². The molecular weight excluding hydrogens is 342 g/mol. The van der Waals surface area contributed by atoms with Crippen LogP contribution in [0, 0.1) is 0 Å². The fourth-order valence-corrected chi connectivity index (χ4v) is 3.30. The van der Waals surface area contributed by atoms with Gasteiger partial charge < -0.3 is 20.4 Å². The zero-order chi connectivity index (χ0) is 19.5. The lowest BCUT2D eigenvalue weighted by molar-refractivity contribution is -0.121. The summed E-state index contributed by atoms with van der Waals surface area (Å²) in [5.74, 6) is 1.76. The standard InChI is InChI=1S/C20H35N5O2/c1-4-21-20(22-11-10-19(26)24-16(2)3)23-15-17(18-9-8-14-27-18)25-12-6-5-7-13-25/h8-9,14,16-17H,4-7,10-13,15H2,1-3H3,(H,24,26)(H2,21,22,23). The van der Waals surface area contributed by atoms with Crippen molar-refractivity contribution in [3.05, 3.63) is 24.2 Å². The van der Waals surface area contributed by atoms with E-state index in [4.69, 9.17) is 9.41 Å². The Morgan fingerprint density at radius 1 is 1.26 bits per heavy atom. The molecule has 7 nitrogen and oxygen atoms in total. The number of nitrogens with one attached hydrogen (secondary N) is 3. The molecule has 1 atom stereocenters. The number of rotatable bonds is 9. The van der Waals surface area contributed by atoms with Gasteiger partial charge in [-0.15, -0.1) is 0 Å². The Bertz CT molecular complexity index is 565. The molecule has 27 heavy (non-hydrogen) atoms. The van der Waals surface area contributed by atoms with Gasteiger partial charge >= 0.3 is 0 Å². The first kappa shape index (κ1) is 21.3. The van der Waals surface area contributed by atoms with Crippen molar-refractivity contribution in [3.8, 4) is 0 Å². The van der Waals surface area contributed by atoms with Gasteiger partial charge in [-0.2, -0.15) is 0 Å². The predicted molar refractivity (Wildman–Crippen MR) is 109 cm³/mol. The maximum Gasteiger partial charge on any atom is 0.221 e. The second-order valence-electron chi connectivity index (χ2n) is 7.25. The minimum atomic E-state index is 0.0510. The molecule has 1 aliphatic heterocycles. The topological polar surface area (TPSA) is 81.9 Å². The molecule has 0 spiro atoms. The molecule has 7 heteroatoms. The van der Waals surface area contributed by atoms with E-state index in [0.717, 1.165) is 31.4 Å². The molecule has 2 rings (SSSR count). The average Bonchev–Trinajstić information content (AvgIpc) is 3.16. The van der Waals surface area contributed by atoms with Gasteiger partial charge in [0.1, 0.15) is 5.76 Å². The number of amides is 1. The third-order valence-corrected chi connectivity index (χ3v) is 4.56. The first-order valence-electron chi connectivity index (χ1n) is 10.2. The van der Waals surface area contributed by atoms with Crippen LogP contribution in [0.4, 0.5) is 0 Å². The molecule has 0 radical (unpaired) electrons. The lowest BCUT2D eigenvalue weighted by atomic mass is 10.1. The van der Waals surface area contributed by atoms with Gasteiger partial charge in [0.05, 0.1) is 18.8 Å². The summed E-state index contributed by atoms with van der Waals surface area (Å²) >= 11 is 0. The van der Waals surface area contributed by atoms with Crippen LogP contribution >= 0.6 is 0 Å². The van der Waals surface area contributed by atoms with Crippen LogP contribution in [0.25, 0.3) is 0 Å². The highest BCUT2D eigenvalue weighted by molar-refractivity contribution is 5.81. The molecule has 152 valence electrons. The molecule has 0 aliphatic carbocycles. The van der Waals surface area contributed by atoms with Crippen molar-refractivity contribution in [2.24, 2.45) is 4.99 Å². The molecule has 1 unspecified atom stereocenters. The number of hydrogen-bond acceptors (Lipinski definition) is 4. The van der Waals surface area contributed by atoms with E-state index < -0.39 is 0 Å². The summed E-state index contributed by atoms with van der Waals surface area (Å²) in [7, 11) is 0. The third kappa shape index (κ3) is 7.62. The summed E-state index contributed by atoms with van der Waals surface area (Å²) in [6, 6.07) is 4.29. The van der Waals surface area contributed by atoms with Crippen molar-refractivity contribution >= 4 is 11.9 Å². The fourth-order valence-electron chi connectivity index (χ4n) is 3.30. The molecule has 0 bridgehead atoms. The van der Waals surface area contributed by atoms with E-state index in [2.05, 4.69) is 20.9 Å². The van der Waals surface area contributed by atoms with E-state index in [-0.39, 0.29) is 18.0 Å². The average molecular weight is 378 g/mol. The Hall–Kier alpha value is -2.02. The molecule has 1 aliphatic rings. The van der Waals surface area contributed by atoms with Crippen molar-refractivity contribution in [1.29, 1.82) is 0 Å². The molecule has 3 N–H and O–H groups in total. The molecule has 1 amide bonds. The van der Waals surface area contributed by atoms with Gasteiger partial charge in [0.15, 0.2) is 5.96 Å². The maximum atomic E-state index is 11.8. The largest absolute Gasteiger partial charge is 0.468 e. The Balaban J connectivity index is 1.94. The minimum absolute atomic E-state index is 0.0510. The molecule has 1 aromatic rings. The Morgan fingerprint density at radius 2 is 2.04 bits per heavy atom. The number of carbonyl (C=O) groups is 1. The molecule has 0 saturated carbocycles. The molecule has 1 aromatic heterocycles. The molecule has 1 saturated heterocycles. The normalized spacial score (nSPS) is 17.0. The molecule has 2 heterocycles. The Kier molecular flexibility index (Phi) is 9.18. The molecule has 0 aromatic carbocycles.